The Balaban J connectivity index is 1.74. The van der Waals surface area contributed by atoms with E-state index in [1.165, 1.54) is 0 Å². The van der Waals surface area contributed by atoms with Crippen molar-refractivity contribution in [3.63, 3.8) is 0 Å². The molecule has 138 valence electrons. The summed E-state index contributed by atoms with van der Waals surface area (Å²) in [4.78, 5) is 22.8. The molecular weight excluding hydrogens is 325 g/mol. The molecule has 2 fully saturated rings. The minimum atomic E-state index is -4.21. The summed E-state index contributed by atoms with van der Waals surface area (Å²) >= 11 is 0. The average Bonchev–Trinajstić information content (AvgIpc) is 2.53. The van der Waals surface area contributed by atoms with Crippen molar-refractivity contribution in [3.8, 4) is 0 Å². The van der Waals surface area contributed by atoms with Crippen molar-refractivity contribution in [1.82, 2.24) is 10.6 Å². The van der Waals surface area contributed by atoms with Gasteiger partial charge in [-0.3, -0.25) is 4.79 Å². The van der Waals surface area contributed by atoms with Crippen LogP contribution >= 0.6 is 0 Å². The SMILES string of the molecule is O=C(NCC1CCCCC1C(F)(F)F)NC1CCC(C(=O)O)CC1. The third-order valence-electron chi connectivity index (χ3n) is 5.27. The average molecular weight is 350 g/mol. The van der Waals surface area contributed by atoms with Crippen molar-refractivity contribution in [2.24, 2.45) is 17.8 Å². The Bertz CT molecular complexity index is 448. The molecule has 0 saturated heterocycles. The Morgan fingerprint density at radius 3 is 2.21 bits per heavy atom. The second kappa shape index (κ2) is 8.07. The Kier molecular flexibility index (Phi) is 6.34. The number of carbonyl (C=O) groups is 2. The van der Waals surface area contributed by atoms with Gasteiger partial charge in [0, 0.05) is 12.6 Å². The molecular formula is C16H25F3N2O3. The Labute approximate surface area is 139 Å². The standard InChI is InChI=1S/C16H25F3N2O3/c17-16(18,19)13-4-2-1-3-11(13)9-20-15(24)21-12-7-5-10(6-8-12)14(22)23/h10-13H,1-9H2,(H,22,23)(H2,20,21,24). The van der Waals surface area contributed by atoms with Crippen LogP contribution in [-0.4, -0.2) is 35.9 Å². The van der Waals surface area contributed by atoms with Crippen LogP contribution < -0.4 is 10.6 Å². The molecule has 5 nitrogen and oxygen atoms in total. The lowest BCUT2D eigenvalue weighted by molar-refractivity contribution is -0.195. The van der Waals surface area contributed by atoms with E-state index in [0.29, 0.717) is 38.5 Å². The molecule has 2 unspecified atom stereocenters. The van der Waals surface area contributed by atoms with Crippen LogP contribution in [0, 0.1) is 17.8 Å². The van der Waals surface area contributed by atoms with Gasteiger partial charge >= 0.3 is 18.2 Å². The van der Waals surface area contributed by atoms with Crippen molar-refractivity contribution >= 4 is 12.0 Å². The van der Waals surface area contributed by atoms with Gasteiger partial charge in [-0.2, -0.15) is 13.2 Å². The Morgan fingerprint density at radius 2 is 1.62 bits per heavy atom. The van der Waals surface area contributed by atoms with Crippen molar-refractivity contribution in [1.29, 1.82) is 0 Å². The van der Waals surface area contributed by atoms with E-state index in [2.05, 4.69) is 10.6 Å². The number of hydrogen-bond acceptors (Lipinski definition) is 2. The van der Waals surface area contributed by atoms with Gasteiger partial charge in [-0.15, -0.1) is 0 Å². The summed E-state index contributed by atoms with van der Waals surface area (Å²) in [6.45, 7) is 0.0283. The normalized spacial score (nSPS) is 31.3. The van der Waals surface area contributed by atoms with E-state index in [1.807, 2.05) is 0 Å². The van der Waals surface area contributed by atoms with E-state index in [0.717, 1.165) is 6.42 Å². The number of carboxylic acids is 1. The van der Waals surface area contributed by atoms with Crippen LogP contribution in [0.2, 0.25) is 0 Å². The number of urea groups is 1. The smallest absolute Gasteiger partial charge is 0.392 e. The number of carboxylic acid groups (broad SMARTS) is 1. The first-order chi connectivity index (χ1) is 11.3. The summed E-state index contributed by atoms with van der Waals surface area (Å²) < 4.78 is 39.0. The first kappa shape index (κ1) is 18.9. The molecule has 0 aromatic carbocycles. The van der Waals surface area contributed by atoms with E-state index in [9.17, 15) is 22.8 Å². The molecule has 0 aliphatic heterocycles. The highest BCUT2D eigenvalue weighted by Crippen LogP contribution is 2.41. The maximum Gasteiger partial charge on any atom is 0.392 e. The number of amides is 2. The maximum atomic E-state index is 13.0. The fourth-order valence-corrected chi connectivity index (χ4v) is 3.83. The molecule has 0 heterocycles. The van der Waals surface area contributed by atoms with Crippen molar-refractivity contribution < 1.29 is 27.9 Å². The van der Waals surface area contributed by atoms with Crippen LogP contribution in [0.4, 0.5) is 18.0 Å². The topological polar surface area (TPSA) is 78.4 Å². The number of nitrogens with one attached hydrogen (secondary N) is 2. The van der Waals surface area contributed by atoms with Gasteiger partial charge in [-0.05, 0) is 44.4 Å². The minimum absolute atomic E-state index is 0.0283. The quantitative estimate of drug-likeness (QED) is 0.728. The number of alkyl halides is 3. The van der Waals surface area contributed by atoms with Crippen LogP contribution in [0.15, 0.2) is 0 Å². The molecule has 8 heteroatoms. The highest BCUT2D eigenvalue weighted by molar-refractivity contribution is 5.74. The monoisotopic (exact) mass is 350 g/mol. The van der Waals surface area contributed by atoms with E-state index in [1.54, 1.807) is 0 Å². The molecule has 2 saturated carbocycles. The number of aliphatic carboxylic acids is 1. The second-order valence-corrected chi connectivity index (χ2v) is 6.93. The lowest BCUT2D eigenvalue weighted by atomic mass is 9.79. The maximum absolute atomic E-state index is 13.0. The van der Waals surface area contributed by atoms with Crippen LogP contribution in [0.25, 0.3) is 0 Å². The number of hydrogen-bond donors (Lipinski definition) is 3. The van der Waals surface area contributed by atoms with E-state index < -0.39 is 30.0 Å². The fourth-order valence-electron chi connectivity index (χ4n) is 3.83. The van der Waals surface area contributed by atoms with Crippen LogP contribution in [0.1, 0.15) is 51.4 Å². The molecule has 0 aromatic rings. The van der Waals surface area contributed by atoms with E-state index in [-0.39, 0.29) is 24.9 Å². The van der Waals surface area contributed by atoms with E-state index in [4.69, 9.17) is 5.11 Å². The number of halogens is 3. The predicted octanol–water partition coefficient (Wildman–Crippen LogP) is 3.30. The molecule has 0 radical (unpaired) electrons. The molecule has 0 bridgehead atoms. The molecule has 2 rings (SSSR count). The van der Waals surface area contributed by atoms with Crippen molar-refractivity contribution in [2.45, 2.75) is 63.6 Å². The van der Waals surface area contributed by atoms with Gasteiger partial charge in [-0.25, -0.2) is 4.79 Å². The predicted molar refractivity (Wildman–Crippen MR) is 81.4 cm³/mol. The molecule has 2 aliphatic rings. The third kappa shape index (κ3) is 5.27. The zero-order chi connectivity index (χ0) is 17.7. The molecule has 2 aliphatic carbocycles. The van der Waals surface area contributed by atoms with Gasteiger partial charge in [0.15, 0.2) is 0 Å². The largest absolute Gasteiger partial charge is 0.481 e. The second-order valence-electron chi connectivity index (χ2n) is 6.93. The summed E-state index contributed by atoms with van der Waals surface area (Å²) in [7, 11) is 0. The highest BCUT2D eigenvalue weighted by Gasteiger charge is 2.45. The first-order valence-electron chi connectivity index (χ1n) is 8.61. The van der Waals surface area contributed by atoms with Gasteiger partial charge in [0.2, 0.25) is 0 Å². The van der Waals surface area contributed by atoms with Crippen LogP contribution in [-0.2, 0) is 4.79 Å². The molecule has 2 amide bonds. The summed E-state index contributed by atoms with van der Waals surface area (Å²) in [5.41, 5.74) is 0. The summed E-state index contributed by atoms with van der Waals surface area (Å²) in [5.74, 6) is -3.07. The number of carbonyl (C=O) groups excluding carboxylic acids is 1. The molecule has 0 spiro atoms. The van der Waals surface area contributed by atoms with E-state index >= 15 is 0 Å². The molecule has 2 atom stereocenters. The van der Waals surface area contributed by atoms with Crippen molar-refractivity contribution in [3.05, 3.63) is 0 Å². The van der Waals surface area contributed by atoms with Crippen LogP contribution in [0.5, 0.6) is 0 Å². The molecule has 0 aromatic heterocycles. The minimum Gasteiger partial charge on any atom is -0.481 e. The van der Waals surface area contributed by atoms with Gasteiger partial charge < -0.3 is 15.7 Å². The summed E-state index contributed by atoms with van der Waals surface area (Å²) in [6.07, 6.45) is -0.0567. The summed E-state index contributed by atoms with van der Waals surface area (Å²) in [6, 6.07) is -0.564. The lowest BCUT2D eigenvalue weighted by Crippen LogP contribution is -2.47. The number of rotatable bonds is 4. The molecule has 3 N–H and O–H groups in total. The Hall–Kier alpha value is -1.47. The van der Waals surface area contributed by atoms with Gasteiger partial charge in [0.1, 0.15) is 0 Å². The highest BCUT2D eigenvalue weighted by atomic mass is 19.4. The van der Waals surface area contributed by atoms with Gasteiger partial charge in [-0.1, -0.05) is 12.8 Å². The van der Waals surface area contributed by atoms with Gasteiger partial charge in [0.05, 0.1) is 11.8 Å². The lowest BCUT2D eigenvalue weighted by Gasteiger charge is -2.33. The zero-order valence-electron chi connectivity index (χ0n) is 13.6. The Morgan fingerprint density at radius 1 is 1.00 bits per heavy atom. The first-order valence-corrected chi connectivity index (χ1v) is 8.61. The fraction of sp³-hybridized carbons (Fsp3) is 0.875. The van der Waals surface area contributed by atoms with Crippen molar-refractivity contribution in [2.75, 3.05) is 6.54 Å². The van der Waals surface area contributed by atoms with Crippen LogP contribution in [0.3, 0.4) is 0 Å². The summed E-state index contributed by atoms with van der Waals surface area (Å²) in [5, 5.41) is 14.3. The third-order valence-corrected chi connectivity index (χ3v) is 5.27. The molecule has 24 heavy (non-hydrogen) atoms. The zero-order valence-corrected chi connectivity index (χ0v) is 13.6. The van der Waals surface area contributed by atoms with Gasteiger partial charge in [0.25, 0.3) is 0 Å².